The van der Waals surface area contributed by atoms with Crippen LogP contribution < -0.4 is 15.7 Å². The Hall–Kier alpha value is -3.95. The maximum Gasteiger partial charge on any atom is 0.417 e. The lowest BCUT2D eigenvalue weighted by Crippen LogP contribution is -2.67. The van der Waals surface area contributed by atoms with Gasteiger partial charge >= 0.3 is 12.2 Å². The number of carbonyl (C=O) groups excluding carboxylic acids is 3. The molecule has 1 aliphatic rings. The molecule has 0 unspecified atom stereocenters. The van der Waals surface area contributed by atoms with E-state index in [1.807, 2.05) is 73.7 Å². The maximum absolute atomic E-state index is 14.1. The van der Waals surface area contributed by atoms with Crippen molar-refractivity contribution < 1.29 is 28.3 Å². The second kappa shape index (κ2) is 14.0. The molecule has 3 atom stereocenters. The number of imide groups is 1. The number of rotatable bonds is 10. The number of nitrogens with one attached hydrogen (secondary N) is 1. The van der Waals surface area contributed by atoms with Crippen LogP contribution >= 0.6 is 0 Å². The lowest BCUT2D eigenvalue weighted by molar-refractivity contribution is -0.132. The quantitative estimate of drug-likeness (QED) is 0.268. The van der Waals surface area contributed by atoms with Gasteiger partial charge in [-0.05, 0) is 54.1 Å². The molecule has 4 rings (SSSR count). The van der Waals surface area contributed by atoms with Crippen LogP contribution in [0.25, 0.3) is 0 Å². The molecule has 9 heteroatoms. The van der Waals surface area contributed by atoms with Crippen LogP contribution in [-0.2, 0) is 18.7 Å². The normalized spacial score (nSPS) is 16.9. The van der Waals surface area contributed by atoms with Gasteiger partial charge in [-0.1, -0.05) is 119 Å². The Labute approximate surface area is 268 Å². The van der Waals surface area contributed by atoms with E-state index in [1.165, 1.54) is 0 Å². The van der Waals surface area contributed by atoms with E-state index in [9.17, 15) is 14.4 Å². The first-order chi connectivity index (χ1) is 21.2. The Balaban J connectivity index is 1.63. The largest absolute Gasteiger partial charge is 0.446 e. The number of hydrogen-bond donors (Lipinski definition) is 1. The van der Waals surface area contributed by atoms with E-state index >= 15 is 0 Å². The average Bonchev–Trinajstić information content (AvgIpc) is 3.38. The molecule has 0 saturated carbocycles. The van der Waals surface area contributed by atoms with Crippen molar-refractivity contribution in [3.8, 4) is 0 Å². The van der Waals surface area contributed by atoms with E-state index < -0.39 is 44.1 Å². The highest BCUT2D eigenvalue weighted by molar-refractivity contribution is 6.99. The smallest absolute Gasteiger partial charge is 0.417 e. The van der Waals surface area contributed by atoms with Crippen LogP contribution in [0.1, 0.15) is 66.5 Å². The fourth-order valence-corrected chi connectivity index (χ4v) is 10.6. The summed E-state index contributed by atoms with van der Waals surface area (Å²) in [4.78, 5) is 41.1. The van der Waals surface area contributed by atoms with Crippen molar-refractivity contribution in [3.63, 3.8) is 0 Å². The van der Waals surface area contributed by atoms with Crippen molar-refractivity contribution in [2.45, 2.75) is 77.6 Å². The zero-order valence-electron chi connectivity index (χ0n) is 27.4. The van der Waals surface area contributed by atoms with Gasteiger partial charge in [-0.2, -0.15) is 0 Å². The monoisotopic (exact) mass is 630 g/mol. The van der Waals surface area contributed by atoms with Crippen molar-refractivity contribution in [1.29, 1.82) is 0 Å². The van der Waals surface area contributed by atoms with Crippen molar-refractivity contribution in [2.24, 2.45) is 5.92 Å². The van der Waals surface area contributed by atoms with Crippen molar-refractivity contribution in [3.05, 3.63) is 96.6 Å². The van der Waals surface area contributed by atoms with E-state index in [0.29, 0.717) is 6.61 Å². The maximum atomic E-state index is 14.1. The van der Waals surface area contributed by atoms with Crippen LogP contribution in [0.15, 0.2) is 91.0 Å². The molecule has 0 aliphatic carbocycles. The van der Waals surface area contributed by atoms with Crippen LogP contribution in [-0.4, -0.2) is 56.2 Å². The molecule has 3 aromatic rings. The summed E-state index contributed by atoms with van der Waals surface area (Å²) in [5.41, 5.74) is 0.00486. The highest BCUT2D eigenvalue weighted by Gasteiger charge is 2.50. The Morgan fingerprint density at radius 2 is 1.40 bits per heavy atom. The number of benzene rings is 3. The lowest BCUT2D eigenvalue weighted by atomic mass is 10.00. The number of ether oxygens (including phenoxy) is 2. The minimum Gasteiger partial charge on any atom is -0.446 e. The minimum absolute atomic E-state index is 0.0419. The second-order valence-electron chi connectivity index (χ2n) is 13.7. The summed E-state index contributed by atoms with van der Waals surface area (Å²) in [6, 6.07) is 28.3. The zero-order chi connectivity index (χ0) is 32.8. The molecule has 1 aliphatic heterocycles. The molecule has 1 N–H and O–H groups in total. The van der Waals surface area contributed by atoms with Crippen molar-refractivity contribution in [2.75, 3.05) is 13.2 Å². The second-order valence-corrected chi connectivity index (χ2v) is 18.0. The van der Waals surface area contributed by atoms with E-state index in [-0.39, 0.29) is 24.0 Å². The number of hydrogen-bond acceptors (Lipinski definition) is 6. The molecule has 1 heterocycles. The summed E-state index contributed by atoms with van der Waals surface area (Å²) in [6.45, 7) is 14.3. The molecule has 0 spiro atoms. The molecule has 0 aromatic heterocycles. The summed E-state index contributed by atoms with van der Waals surface area (Å²) in [6.07, 6.45) is -1.24. The topological polar surface area (TPSA) is 94.2 Å². The van der Waals surface area contributed by atoms with Crippen LogP contribution in [0, 0.1) is 5.92 Å². The lowest BCUT2D eigenvalue weighted by Gasteiger charge is -2.43. The first kappa shape index (κ1) is 33.9. The van der Waals surface area contributed by atoms with E-state index in [0.717, 1.165) is 20.8 Å². The van der Waals surface area contributed by atoms with E-state index in [1.54, 1.807) is 20.8 Å². The molecule has 1 fully saturated rings. The molecule has 45 heavy (non-hydrogen) atoms. The fraction of sp³-hybridized carbons (Fsp3) is 0.417. The van der Waals surface area contributed by atoms with Crippen LogP contribution in [0.3, 0.4) is 0 Å². The van der Waals surface area contributed by atoms with Crippen LogP contribution in [0.2, 0.25) is 5.04 Å². The van der Waals surface area contributed by atoms with Gasteiger partial charge in [0.2, 0.25) is 0 Å². The Bertz CT molecular complexity index is 1400. The molecule has 1 saturated heterocycles. The predicted molar refractivity (Wildman–Crippen MR) is 178 cm³/mol. The van der Waals surface area contributed by atoms with Gasteiger partial charge < -0.3 is 19.2 Å². The molecular weight excluding hydrogens is 584 g/mol. The first-order valence-corrected chi connectivity index (χ1v) is 17.4. The van der Waals surface area contributed by atoms with Gasteiger partial charge in [0, 0.05) is 6.61 Å². The third-order valence-electron chi connectivity index (χ3n) is 7.92. The standard InChI is InChI=1S/C36H46N2O6Si/c1-26(24-43-45(36(5,6)7,28-19-13-9-14-20-28)29-21-15-10-16-22-29)23-30(37-33(40)44-35(2,3)4)32(39)38-31(25-42-34(38)41)27-17-11-8-12-18-27/h8-22,26,30-31H,23-25H2,1-7H3,(H,37,40)/t26-,30+,31-/m1/s1. The summed E-state index contributed by atoms with van der Waals surface area (Å²) in [7, 11) is -2.83. The van der Waals surface area contributed by atoms with Gasteiger partial charge in [0.15, 0.2) is 0 Å². The highest BCUT2D eigenvalue weighted by Crippen LogP contribution is 2.37. The van der Waals surface area contributed by atoms with Gasteiger partial charge in [0.05, 0.1) is 0 Å². The van der Waals surface area contributed by atoms with Crippen LogP contribution in [0.5, 0.6) is 0 Å². The third kappa shape index (κ3) is 8.01. The van der Waals surface area contributed by atoms with Gasteiger partial charge in [0.25, 0.3) is 14.2 Å². The summed E-state index contributed by atoms with van der Waals surface area (Å²) in [5, 5.41) is 4.85. The van der Waals surface area contributed by atoms with Crippen molar-refractivity contribution in [1.82, 2.24) is 10.2 Å². The molecule has 240 valence electrons. The van der Waals surface area contributed by atoms with Gasteiger partial charge in [0.1, 0.15) is 24.3 Å². The van der Waals surface area contributed by atoms with E-state index in [4.69, 9.17) is 13.9 Å². The number of cyclic esters (lactones) is 1. The third-order valence-corrected chi connectivity index (χ3v) is 12.9. The number of carbonyl (C=O) groups is 3. The van der Waals surface area contributed by atoms with Gasteiger partial charge in [-0.25, -0.2) is 14.5 Å². The summed E-state index contributed by atoms with van der Waals surface area (Å²) >= 11 is 0. The summed E-state index contributed by atoms with van der Waals surface area (Å²) < 4.78 is 17.9. The predicted octanol–water partition coefficient (Wildman–Crippen LogP) is 6.20. The SMILES string of the molecule is C[C@@H](CO[Si](c1ccccc1)(c1ccccc1)C(C)(C)C)C[C@H](NC(=O)OC(C)(C)C)C(=O)N1C(=O)OC[C@@H]1c1ccccc1. The van der Waals surface area contributed by atoms with Gasteiger partial charge in [-0.15, -0.1) is 0 Å². The number of nitrogens with zero attached hydrogens (tertiary/aromatic N) is 1. The molecule has 8 nitrogen and oxygen atoms in total. The van der Waals surface area contributed by atoms with Crippen LogP contribution in [0.4, 0.5) is 9.59 Å². The minimum atomic E-state index is -2.83. The Morgan fingerprint density at radius 3 is 1.89 bits per heavy atom. The molecular formula is C36H46N2O6Si. The summed E-state index contributed by atoms with van der Waals surface area (Å²) in [5.74, 6) is -0.723. The van der Waals surface area contributed by atoms with Gasteiger partial charge in [-0.3, -0.25) is 4.79 Å². The number of alkyl carbamates (subject to hydrolysis) is 1. The number of amides is 3. The fourth-order valence-electron chi connectivity index (χ4n) is 5.92. The van der Waals surface area contributed by atoms with E-state index in [2.05, 4.69) is 50.4 Å². The zero-order valence-corrected chi connectivity index (χ0v) is 28.4. The Morgan fingerprint density at radius 1 is 0.889 bits per heavy atom. The molecule has 3 aromatic carbocycles. The molecule has 0 bridgehead atoms. The first-order valence-electron chi connectivity index (χ1n) is 15.5. The molecule has 3 amide bonds. The molecule has 0 radical (unpaired) electrons. The van der Waals surface area contributed by atoms with Crippen molar-refractivity contribution >= 4 is 36.8 Å². The average molecular weight is 631 g/mol. The highest BCUT2D eigenvalue weighted by atomic mass is 28.4. The Kier molecular flexibility index (Phi) is 10.6.